The third-order valence-electron chi connectivity index (χ3n) is 3.32. The predicted octanol–water partition coefficient (Wildman–Crippen LogP) is 2.02. The summed E-state index contributed by atoms with van der Waals surface area (Å²) in [6.45, 7) is 3.49. The molecular formula is C11H16F3N5. The molecule has 8 heteroatoms. The van der Waals surface area contributed by atoms with E-state index in [4.69, 9.17) is 5.84 Å². The van der Waals surface area contributed by atoms with E-state index in [9.17, 15) is 13.2 Å². The summed E-state index contributed by atoms with van der Waals surface area (Å²) < 4.78 is 38.2. The fourth-order valence-corrected chi connectivity index (χ4v) is 2.18. The fraction of sp³-hybridized carbons (Fsp3) is 0.636. The number of nitrogens with zero attached hydrogens (tertiary/aromatic N) is 3. The van der Waals surface area contributed by atoms with E-state index in [0.29, 0.717) is 12.5 Å². The second-order valence-electron chi connectivity index (χ2n) is 4.59. The molecule has 0 bridgehead atoms. The molecule has 1 unspecified atom stereocenters. The molecule has 0 aliphatic carbocycles. The summed E-state index contributed by atoms with van der Waals surface area (Å²) in [5.74, 6) is 5.67. The molecule has 2 rings (SSSR count). The van der Waals surface area contributed by atoms with Crippen LogP contribution in [0.25, 0.3) is 0 Å². The van der Waals surface area contributed by atoms with Gasteiger partial charge in [-0.15, -0.1) is 0 Å². The molecule has 1 atom stereocenters. The number of aromatic nitrogens is 2. The van der Waals surface area contributed by atoms with Crippen LogP contribution in [0.15, 0.2) is 6.07 Å². The number of hydrogen-bond acceptors (Lipinski definition) is 5. The number of hydrogen-bond donors (Lipinski definition) is 2. The maximum absolute atomic E-state index is 12.7. The molecule has 106 valence electrons. The summed E-state index contributed by atoms with van der Waals surface area (Å²) in [6, 6.07) is 0.971. The maximum atomic E-state index is 12.7. The lowest BCUT2D eigenvalue weighted by Crippen LogP contribution is -2.24. The minimum absolute atomic E-state index is 0.218. The van der Waals surface area contributed by atoms with E-state index in [-0.39, 0.29) is 11.8 Å². The van der Waals surface area contributed by atoms with Crippen molar-refractivity contribution in [3.63, 3.8) is 0 Å². The Morgan fingerprint density at radius 2 is 2.21 bits per heavy atom. The topological polar surface area (TPSA) is 67.1 Å². The maximum Gasteiger partial charge on any atom is 0.433 e. The molecule has 0 aromatic carbocycles. The van der Waals surface area contributed by atoms with Crippen molar-refractivity contribution in [1.29, 1.82) is 0 Å². The fourth-order valence-electron chi connectivity index (χ4n) is 2.18. The lowest BCUT2D eigenvalue weighted by molar-refractivity contribution is -0.141. The first-order valence-corrected chi connectivity index (χ1v) is 6.12. The van der Waals surface area contributed by atoms with Crippen molar-refractivity contribution in [1.82, 2.24) is 9.97 Å². The van der Waals surface area contributed by atoms with Crippen molar-refractivity contribution in [2.75, 3.05) is 23.4 Å². The van der Waals surface area contributed by atoms with Gasteiger partial charge < -0.3 is 4.90 Å². The van der Waals surface area contributed by atoms with E-state index >= 15 is 0 Å². The van der Waals surface area contributed by atoms with Crippen LogP contribution in [-0.2, 0) is 6.18 Å². The number of alkyl halides is 3. The zero-order valence-corrected chi connectivity index (χ0v) is 10.5. The number of nitrogens with two attached hydrogens (primary N) is 1. The van der Waals surface area contributed by atoms with Gasteiger partial charge in [0.2, 0.25) is 5.95 Å². The van der Waals surface area contributed by atoms with E-state index in [2.05, 4.69) is 22.3 Å². The Labute approximate surface area is 109 Å². The average Bonchev–Trinajstić information content (AvgIpc) is 2.86. The highest BCUT2D eigenvalue weighted by molar-refractivity contribution is 5.46. The van der Waals surface area contributed by atoms with Gasteiger partial charge in [0.05, 0.1) is 0 Å². The molecule has 0 saturated carbocycles. The van der Waals surface area contributed by atoms with Gasteiger partial charge in [0.25, 0.3) is 0 Å². The first-order valence-electron chi connectivity index (χ1n) is 6.12. The van der Waals surface area contributed by atoms with E-state index < -0.39 is 11.9 Å². The molecule has 0 amide bonds. The number of nitrogens with one attached hydrogen (secondary N) is 1. The van der Waals surface area contributed by atoms with Crippen LogP contribution < -0.4 is 16.2 Å². The Kier molecular flexibility index (Phi) is 3.79. The largest absolute Gasteiger partial charge is 0.433 e. The van der Waals surface area contributed by atoms with E-state index in [0.717, 1.165) is 25.5 Å². The second kappa shape index (κ2) is 5.20. The minimum atomic E-state index is -4.51. The predicted molar refractivity (Wildman–Crippen MR) is 65.5 cm³/mol. The Bertz CT molecular complexity index is 448. The second-order valence-corrected chi connectivity index (χ2v) is 4.59. The van der Waals surface area contributed by atoms with Gasteiger partial charge in [-0.1, -0.05) is 13.3 Å². The van der Waals surface area contributed by atoms with Crippen LogP contribution in [0, 0.1) is 5.92 Å². The standard InChI is InChI=1S/C11H16F3N5/c1-2-7-3-4-19(6-7)9-5-8(11(12,13)14)16-10(17-9)18-15/h5,7H,2-4,6,15H2,1H3,(H,16,17,18). The lowest BCUT2D eigenvalue weighted by atomic mass is 10.1. The highest BCUT2D eigenvalue weighted by atomic mass is 19.4. The van der Waals surface area contributed by atoms with E-state index in [1.807, 2.05) is 4.90 Å². The summed E-state index contributed by atoms with van der Waals surface area (Å²) in [4.78, 5) is 9.17. The molecular weight excluding hydrogens is 259 g/mol. The number of halogens is 3. The molecule has 0 radical (unpaired) electrons. The van der Waals surface area contributed by atoms with Crippen molar-refractivity contribution >= 4 is 11.8 Å². The van der Waals surface area contributed by atoms with Gasteiger partial charge in [-0.25, -0.2) is 10.8 Å². The minimum Gasteiger partial charge on any atom is -0.356 e. The third-order valence-corrected chi connectivity index (χ3v) is 3.32. The summed E-state index contributed by atoms with van der Waals surface area (Å²) in [7, 11) is 0. The number of hydrazine groups is 1. The van der Waals surface area contributed by atoms with Gasteiger partial charge in [-0.2, -0.15) is 18.2 Å². The van der Waals surface area contributed by atoms with Gasteiger partial charge in [-0.05, 0) is 12.3 Å². The molecule has 0 spiro atoms. The van der Waals surface area contributed by atoms with Crippen molar-refractivity contribution < 1.29 is 13.2 Å². The van der Waals surface area contributed by atoms with Crippen LogP contribution in [0.3, 0.4) is 0 Å². The van der Waals surface area contributed by atoms with Crippen LogP contribution in [0.1, 0.15) is 25.5 Å². The molecule has 1 aromatic heterocycles. The number of nitrogen functional groups attached to an aromatic ring is 1. The highest BCUT2D eigenvalue weighted by Gasteiger charge is 2.34. The summed E-state index contributed by atoms with van der Waals surface area (Å²) in [5, 5.41) is 0. The van der Waals surface area contributed by atoms with Gasteiger partial charge >= 0.3 is 6.18 Å². The molecule has 1 fully saturated rings. The van der Waals surface area contributed by atoms with Crippen LogP contribution in [0.5, 0.6) is 0 Å². The molecule has 1 aliphatic rings. The first kappa shape index (κ1) is 13.9. The summed E-state index contributed by atoms with van der Waals surface area (Å²) in [5.41, 5.74) is 1.10. The van der Waals surface area contributed by atoms with Crippen molar-refractivity contribution in [3.05, 3.63) is 11.8 Å². The van der Waals surface area contributed by atoms with Crippen LogP contribution in [-0.4, -0.2) is 23.1 Å². The summed E-state index contributed by atoms with van der Waals surface area (Å²) >= 11 is 0. The molecule has 19 heavy (non-hydrogen) atoms. The molecule has 5 nitrogen and oxygen atoms in total. The zero-order chi connectivity index (χ0) is 14.0. The average molecular weight is 275 g/mol. The normalized spacial score (nSPS) is 19.8. The first-order chi connectivity index (χ1) is 8.94. The SMILES string of the molecule is CCC1CCN(c2cc(C(F)(F)F)nc(NN)n2)C1. The highest BCUT2D eigenvalue weighted by Crippen LogP contribution is 2.32. The monoisotopic (exact) mass is 275 g/mol. The van der Waals surface area contributed by atoms with E-state index in [1.54, 1.807) is 0 Å². The quantitative estimate of drug-likeness (QED) is 0.652. The lowest BCUT2D eigenvalue weighted by Gasteiger charge is -2.19. The smallest absolute Gasteiger partial charge is 0.356 e. The Morgan fingerprint density at radius 1 is 1.47 bits per heavy atom. The van der Waals surface area contributed by atoms with Crippen LogP contribution >= 0.6 is 0 Å². The number of anilines is 2. The van der Waals surface area contributed by atoms with Crippen molar-refractivity contribution in [3.8, 4) is 0 Å². The van der Waals surface area contributed by atoms with Gasteiger partial charge in [0.15, 0.2) is 5.69 Å². The van der Waals surface area contributed by atoms with Crippen molar-refractivity contribution in [2.24, 2.45) is 11.8 Å². The molecule has 1 saturated heterocycles. The molecule has 1 aliphatic heterocycles. The Hall–Kier alpha value is -1.57. The van der Waals surface area contributed by atoms with Crippen LogP contribution in [0.2, 0.25) is 0 Å². The Morgan fingerprint density at radius 3 is 2.74 bits per heavy atom. The molecule has 1 aromatic rings. The zero-order valence-electron chi connectivity index (χ0n) is 10.5. The molecule has 3 N–H and O–H groups in total. The van der Waals surface area contributed by atoms with Crippen LogP contribution in [0.4, 0.5) is 24.9 Å². The van der Waals surface area contributed by atoms with E-state index in [1.165, 1.54) is 0 Å². The summed E-state index contributed by atoms with van der Waals surface area (Å²) in [6.07, 6.45) is -2.53. The Balaban J connectivity index is 2.30. The van der Waals surface area contributed by atoms with Gasteiger partial charge in [0, 0.05) is 19.2 Å². The van der Waals surface area contributed by atoms with Gasteiger partial charge in [0.1, 0.15) is 5.82 Å². The number of rotatable bonds is 3. The third kappa shape index (κ3) is 3.06. The van der Waals surface area contributed by atoms with Gasteiger partial charge in [-0.3, -0.25) is 5.43 Å². The molecule has 2 heterocycles. The van der Waals surface area contributed by atoms with Crippen molar-refractivity contribution in [2.45, 2.75) is 25.9 Å².